The first kappa shape index (κ1) is 26.2. The molecule has 208 valence electrons. The minimum absolute atomic E-state index is 0.191. The molecule has 4 aromatic carbocycles. The highest BCUT2D eigenvalue weighted by Crippen LogP contribution is 2.53. The number of rotatable bonds is 4. The Balaban J connectivity index is 1.39. The zero-order valence-corrected chi connectivity index (χ0v) is 25.3. The Morgan fingerprint density at radius 1 is 0.619 bits per heavy atom. The third-order valence-electron chi connectivity index (χ3n) is 8.53. The Labute approximate surface area is 246 Å². The van der Waals surface area contributed by atoms with E-state index in [2.05, 4.69) is 99.1 Å². The predicted molar refractivity (Wildman–Crippen MR) is 169 cm³/mol. The summed E-state index contributed by atoms with van der Waals surface area (Å²) in [5.41, 5.74) is 7.02. The fourth-order valence-corrected chi connectivity index (χ4v) is 7.41. The summed E-state index contributed by atoms with van der Waals surface area (Å²) in [6.07, 6.45) is 0. The van der Waals surface area contributed by atoms with Crippen LogP contribution in [0.15, 0.2) is 109 Å². The van der Waals surface area contributed by atoms with Gasteiger partial charge in [-0.25, -0.2) is 9.59 Å². The molecule has 0 fully saturated rings. The van der Waals surface area contributed by atoms with E-state index in [1.807, 2.05) is 36.4 Å². The Bertz CT molecular complexity index is 1860. The standard InChI is InChI=1S/C36H31NO4Si/c1-36(2)26-13-9-10-14-28(26)37(24-16-18-25(19-17-24)42(3,4)5)29-20-15-23(21-27(29)36)31-33-32(40-35(31)39)30(34(38)41-33)22-11-7-6-8-12-22/h6-21H,1-5H3. The first-order valence-electron chi connectivity index (χ1n) is 14.2. The Morgan fingerprint density at radius 3 is 1.83 bits per heavy atom. The summed E-state index contributed by atoms with van der Waals surface area (Å²) < 4.78 is 11.4. The highest BCUT2D eigenvalue weighted by Gasteiger charge is 2.45. The maximum Gasteiger partial charge on any atom is 0.348 e. The summed E-state index contributed by atoms with van der Waals surface area (Å²) in [6.45, 7) is 11.5. The lowest BCUT2D eigenvalue weighted by molar-refractivity contribution is -0.131. The van der Waals surface area contributed by atoms with Gasteiger partial charge in [-0.1, -0.05) is 105 Å². The number of anilines is 3. The number of carbonyl (C=O) groups excluding carboxylic acids is 2. The Kier molecular flexibility index (Phi) is 5.72. The molecule has 0 bridgehead atoms. The van der Waals surface area contributed by atoms with Gasteiger partial charge < -0.3 is 14.4 Å². The van der Waals surface area contributed by atoms with Crippen LogP contribution in [0.25, 0.3) is 11.1 Å². The summed E-state index contributed by atoms with van der Waals surface area (Å²) in [5.74, 6) is -0.653. The van der Waals surface area contributed by atoms with E-state index in [9.17, 15) is 9.59 Å². The van der Waals surface area contributed by atoms with Gasteiger partial charge in [-0.2, -0.15) is 0 Å². The zero-order chi connectivity index (χ0) is 29.4. The monoisotopic (exact) mass is 569 g/mol. The first-order valence-corrected chi connectivity index (χ1v) is 17.7. The van der Waals surface area contributed by atoms with E-state index in [4.69, 9.17) is 9.47 Å². The van der Waals surface area contributed by atoms with Crippen LogP contribution in [0.1, 0.15) is 36.1 Å². The molecule has 0 amide bonds. The summed E-state index contributed by atoms with van der Waals surface area (Å²) in [5, 5.41) is 1.41. The second-order valence-electron chi connectivity index (χ2n) is 12.6. The summed E-state index contributed by atoms with van der Waals surface area (Å²) in [4.78, 5) is 28.5. The van der Waals surface area contributed by atoms with E-state index in [0.717, 1.165) is 22.6 Å². The Morgan fingerprint density at radius 2 is 1.19 bits per heavy atom. The molecule has 0 N–H and O–H groups in total. The van der Waals surface area contributed by atoms with Gasteiger partial charge in [0.25, 0.3) is 0 Å². The quantitative estimate of drug-likeness (QED) is 0.187. The molecule has 0 aliphatic carbocycles. The van der Waals surface area contributed by atoms with E-state index in [-0.39, 0.29) is 28.1 Å². The van der Waals surface area contributed by atoms with Crippen molar-refractivity contribution in [2.45, 2.75) is 38.9 Å². The molecule has 0 atom stereocenters. The van der Waals surface area contributed by atoms with Crippen LogP contribution in [0.5, 0.6) is 0 Å². The molecule has 0 unspecified atom stereocenters. The van der Waals surface area contributed by atoms with Gasteiger partial charge in [0, 0.05) is 11.1 Å². The minimum Gasteiger partial charge on any atom is -0.418 e. The summed E-state index contributed by atoms with van der Waals surface area (Å²) in [6, 6.07) is 32.6. The van der Waals surface area contributed by atoms with Gasteiger partial charge in [0.05, 0.1) is 19.4 Å². The predicted octanol–water partition coefficient (Wildman–Crippen LogP) is 7.58. The molecular weight excluding hydrogens is 538 g/mol. The van der Waals surface area contributed by atoms with Gasteiger partial charge in [-0.05, 0) is 52.6 Å². The van der Waals surface area contributed by atoms with Gasteiger partial charge in [-0.3, -0.25) is 0 Å². The SMILES string of the molecule is CC1(C)c2ccccc2N(c2ccc([Si](C)(C)C)cc2)c2ccc(C3=C4OC(=O)C(c5ccccc5)=C4OC3=O)cc21. The maximum atomic E-state index is 13.3. The number of hydrogen-bond donors (Lipinski definition) is 0. The number of para-hydroxylation sites is 1. The van der Waals surface area contributed by atoms with Crippen LogP contribution in [0.4, 0.5) is 17.1 Å². The van der Waals surface area contributed by atoms with Gasteiger partial charge in [0.2, 0.25) is 0 Å². The van der Waals surface area contributed by atoms with Crippen LogP contribution in [0.2, 0.25) is 19.6 Å². The van der Waals surface area contributed by atoms with E-state index in [1.165, 1.54) is 10.8 Å². The van der Waals surface area contributed by atoms with Crippen molar-refractivity contribution in [1.29, 1.82) is 0 Å². The lowest BCUT2D eigenvalue weighted by atomic mass is 9.73. The average Bonchev–Trinajstić information content (AvgIpc) is 3.45. The number of fused-ring (bicyclic) bond motifs is 3. The van der Waals surface area contributed by atoms with E-state index < -0.39 is 20.0 Å². The van der Waals surface area contributed by atoms with Crippen LogP contribution < -0.4 is 10.1 Å². The largest absolute Gasteiger partial charge is 0.418 e. The average molecular weight is 570 g/mol. The minimum atomic E-state index is -1.45. The molecule has 3 aliphatic rings. The fourth-order valence-electron chi connectivity index (χ4n) is 6.25. The van der Waals surface area contributed by atoms with Gasteiger partial charge in [0.15, 0.2) is 11.5 Å². The molecule has 0 saturated heterocycles. The lowest BCUT2D eigenvalue weighted by Gasteiger charge is -2.42. The highest BCUT2D eigenvalue weighted by molar-refractivity contribution is 6.88. The molecule has 3 heterocycles. The van der Waals surface area contributed by atoms with Crippen molar-refractivity contribution < 1.29 is 19.1 Å². The molecule has 3 aliphatic heterocycles. The summed E-state index contributed by atoms with van der Waals surface area (Å²) in [7, 11) is -1.45. The van der Waals surface area contributed by atoms with Gasteiger partial charge in [0.1, 0.15) is 11.1 Å². The molecular formula is C36H31NO4Si. The van der Waals surface area contributed by atoms with E-state index in [1.54, 1.807) is 0 Å². The topological polar surface area (TPSA) is 55.8 Å². The number of esters is 2. The van der Waals surface area contributed by atoms with Crippen molar-refractivity contribution in [3.05, 3.63) is 131 Å². The van der Waals surface area contributed by atoms with E-state index in [0.29, 0.717) is 11.1 Å². The maximum absolute atomic E-state index is 13.3. The Hall–Kier alpha value is -4.68. The molecule has 0 saturated carbocycles. The molecule has 6 heteroatoms. The number of ether oxygens (including phenoxy) is 2. The van der Waals surface area contributed by atoms with Crippen LogP contribution in [-0.2, 0) is 24.5 Å². The number of nitrogens with zero attached hydrogens (tertiary/aromatic N) is 1. The van der Waals surface area contributed by atoms with Crippen molar-refractivity contribution in [3.63, 3.8) is 0 Å². The normalized spacial score (nSPS) is 17.1. The molecule has 7 rings (SSSR count). The molecule has 4 aromatic rings. The number of hydrogen-bond acceptors (Lipinski definition) is 5. The smallest absolute Gasteiger partial charge is 0.348 e. The van der Waals surface area contributed by atoms with Crippen LogP contribution in [-0.4, -0.2) is 20.0 Å². The van der Waals surface area contributed by atoms with Crippen molar-refractivity contribution in [3.8, 4) is 0 Å². The zero-order valence-electron chi connectivity index (χ0n) is 24.3. The molecule has 5 nitrogen and oxygen atoms in total. The van der Waals surface area contributed by atoms with Gasteiger partial charge >= 0.3 is 11.9 Å². The molecule has 0 radical (unpaired) electrons. The number of carbonyl (C=O) groups is 2. The third kappa shape index (κ3) is 3.90. The molecule has 0 spiro atoms. The third-order valence-corrected chi connectivity index (χ3v) is 10.6. The molecule has 42 heavy (non-hydrogen) atoms. The van der Waals surface area contributed by atoms with Crippen molar-refractivity contribution in [2.75, 3.05) is 4.90 Å². The second kappa shape index (κ2) is 9.16. The van der Waals surface area contributed by atoms with Crippen LogP contribution in [0.3, 0.4) is 0 Å². The van der Waals surface area contributed by atoms with E-state index >= 15 is 0 Å². The fraction of sp³-hybridized carbons (Fsp3) is 0.167. The van der Waals surface area contributed by atoms with Gasteiger partial charge in [-0.15, -0.1) is 0 Å². The summed E-state index contributed by atoms with van der Waals surface area (Å²) >= 11 is 0. The second-order valence-corrected chi connectivity index (χ2v) is 17.6. The van der Waals surface area contributed by atoms with Crippen LogP contribution >= 0.6 is 0 Å². The van der Waals surface area contributed by atoms with Crippen molar-refractivity contribution in [1.82, 2.24) is 0 Å². The van der Waals surface area contributed by atoms with Crippen molar-refractivity contribution in [2.24, 2.45) is 0 Å². The van der Waals surface area contributed by atoms with Crippen molar-refractivity contribution >= 4 is 53.4 Å². The lowest BCUT2D eigenvalue weighted by Crippen LogP contribution is -2.37. The number of benzene rings is 4. The molecule has 0 aromatic heterocycles. The highest BCUT2D eigenvalue weighted by atomic mass is 28.3. The first-order chi connectivity index (χ1) is 20.1. The van der Waals surface area contributed by atoms with Crippen LogP contribution in [0, 0.1) is 0 Å².